The Morgan fingerprint density at radius 3 is 2.42 bits per heavy atom. The quantitative estimate of drug-likeness (QED) is 0.464. The zero-order valence-corrected chi connectivity index (χ0v) is 19.0. The predicted octanol–water partition coefficient (Wildman–Crippen LogP) is 3.65. The number of hydrogen-bond donors (Lipinski definition) is 2. The standard InChI is InChI=1S/C23H26N4O2S2/c1-31(28,29)27-17-6-7-18(27)12-19(11-17)26-13-21(20-8-5-16(24)10-22(20)26)14-3-2-4-15(9-14)23(25)30/h2-5,8-10,13,17-19H,6-7,11-12,24H2,1H3,(H2,25,30). The molecule has 0 amide bonds. The second-order valence-corrected chi connectivity index (χ2v) is 11.1. The van der Waals surface area contributed by atoms with Crippen molar-refractivity contribution in [3.8, 4) is 11.1 Å². The summed E-state index contributed by atoms with van der Waals surface area (Å²) in [5, 5.41) is 1.12. The average Bonchev–Trinajstić information content (AvgIpc) is 3.23. The molecule has 5 rings (SSSR count). The summed E-state index contributed by atoms with van der Waals surface area (Å²) in [4.78, 5) is 0.375. The lowest BCUT2D eigenvalue weighted by atomic mass is 9.99. The molecular weight excluding hydrogens is 428 g/mol. The molecule has 2 aliphatic rings. The molecule has 0 spiro atoms. The zero-order valence-electron chi connectivity index (χ0n) is 17.4. The van der Waals surface area contributed by atoms with E-state index < -0.39 is 10.0 Å². The molecule has 162 valence electrons. The monoisotopic (exact) mass is 454 g/mol. The molecule has 2 bridgehead atoms. The topological polar surface area (TPSA) is 94.3 Å². The lowest BCUT2D eigenvalue weighted by molar-refractivity contribution is 0.197. The van der Waals surface area contributed by atoms with Crippen molar-refractivity contribution in [2.24, 2.45) is 5.73 Å². The van der Waals surface area contributed by atoms with Crippen molar-refractivity contribution in [1.82, 2.24) is 8.87 Å². The van der Waals surface area contributed by atoms with Crippen LogP contribution in [-0.2, 0) is 10.0 Å². The highest BCUT2D eigenvalue weighted by molar-refractivity contribution is 7.88. The van der Waals surface area contributed by atoms with Crippen molar-refractivity contribution in [2.75, 3.05) is 12.0 Å². The number of hydrogen-bond acceptors (Lipinski definition) is 4. The van der Waals surface area contributed by atoms with Crippen LogP contribution < -0.4 is 11.5 Å². The van der Waals surface area contributed by atoms with E-state index >= 15 is 0 Å². The number of benzene rings is 2. The van der Waals surface area contributed by atoms with Crippen molar-refractivity contribution in [3.05, 3.63) is 54.2 Å². The lowest BCUT2D eigenvalue weighted by Crippen LogP contribution is -2.46. The fourth-order valence-corrected chi connectivity index (χ4v) is 7.11. The van der Waals surface area contributed by atoms with Crippen molar-refractivity contribution >= 4 is 43.8 Å². The van der Waals surface area contributed by atoms with Crippen LogP contribution in [-0.4, -0.2) is 40.6 Å². The third kappa shape index (κ3) is 3.52. The second kappa shape index (κ2) is 7.32. The van der Waals surface area contributed by atoms with E-state index in [2.05, 4.69) is 22.9 Å². The molecule has 0 aliphatic carbocycles. The molecule has 0 radical (unpaired) electrons. The Morgan fingerprint density at radius 2 is 1.77 bits per heavy atom. The second-order valence-electron chi connectivity index (χ2n) is 8.77. The van der Waals surface area contributed by atoms with Crippen LogP contribution in [0.4, 0.5) is 5.69 Å². The van der Waals surface area contributed by atoms with Crippen molar-refractivity contribution in [2.45, 2.75) is 43.8 Å². The first-order valence-electron chi connectivity index (χ1n) is 10.5. The minimum atomic E-state index is -3.19. The van der Waals surface area contributed by atoms with Gasteiger partial charge in [-0.15, -0.1) is 0 Å². The van der Waals surface area contributed by atoms with Crippen LogP contribution in [0.2, 0.25) is 0 Å². The number of piperidine rings is 1. The molecule has 31 heavy (non-hydrogen) atoms. The van der Waals surface area contributed by atoms with Gasteiger partial charge in [-0.25, -0.2) is 8.42 Å². The maximum atomic E-state index is 12.3. The van der Waals surface area contributed by atoms with Gasteiger partial charge in [-0.2, -0.15) is 4.31 Å². The molecule has 4 N–H and O–H groups in total. The lowest BCUT2D eigenvalue weighted by Gasteiger charge is -2.38. The summed E-state index contributed by atoms with van der Waals surface area (Å²) in [5.74, 6) is 0. The van der Waals surface area contributed by atoms with Crippen LogP contribution in [0.15, 0.2) is 48.7 Å². The van der Waals surface area contributed by atoms with Gasteiger partial charge in [0.1, 0.15) is 4.99 Å². The van der Waals surface area contributed by atoms with E-state index in [1.807, 2.05) is 30.3 Å². The Labute approximate surface area is 187 Å². The van der Waals surface area contributed by atoms with Crippen LogP contribution in [0, 0.1) is 0 Å². The molecule has 0 saturated carbocycles. The van der Waals surface area contributed by atoms with E-state index in [0.29, 0.717) is 10.7 Å². The van der Waals surface area contributed by atoms with E-state index in [-0.39, 0.29) is 18.1 Å². The minimum Gasteiger partial charge on any atom is -0.399 e. The van der Waals surface area contributed by atoms with Crippen LogP contribution in [0.3, 0.4) is 0 Å². The highest BCUT2D eigenvalue weighted by Gasteiger charge is 2.45. The number of nitrogens with two attached hydrogens (primary N) is 2. The van der Waals surface area contributed by atoms with Gasteiger partial charge in [-0.3, -0.25) is 0 Å². The zero-order chi connectivity index (χ0) is 21.9. The van der Waals surface area contributed by atoms with Gasteiger partial charge in [-0.1, -0.05) is 36.5 Å². The molecule has 3 aromatic rings. The largest absolute Gasteiger partial charge is 0.399 e. The predicted molar refractivity (Wildman–Crippen MR) is 129 cm³/mol. The number of aromatic nitrogens is 1. The summed E-state index contributed by atoms with van der Waals surface area (Å²) >= 11 is 5.17. The Kier molecular flexibility index (Phi) is 4.84. The Bertz CT molecular complexity index is 1280. The van der Waals surface area contributed by atoms with Gasteiger partial charge in [0.2, 0.25) is 10.0 Å². The van der Waals surface area contributed by atoms with Crippen molar-refractivity contribution < 1.29 is 8.42 Å². The molecule has 2 aromatic carbocycles. The first-order valence-corrected chi connectivity index (χ1v) is 12.8. The Morgan fingerprint density at radius 1 is 1.06 bits per heavy atom. The van der Waals surface area contributed by atoms with Crippen LogP contribution in [0.25, 0.3) is 22.0 Å². The fourth-order valence-electron chi connectivity index (χ4n) is 5.51. The maximum absolute atomic E-state index is 12.3. The van der Waals surface area contributed by atoms with Crippen LogP contribution in [0.1, 0.15) is 37.3 Å². The number of sulfonamides is 1. The van der Waals surface area contributed by atoms with E-state index in [1.165, 1.54) is 6.26 Å². The third-order valence-electron chi connectivity index (χ3n) is 6.73. The van der Waals surface area contributed by atoms with E-state index in [9.17, 15) is 8.42 Å². The van der Waals surface area contributed by atoms with Gasteiger partial charge in [0.25, 0.3) is 0 Å². The van der Waals surface area contributed by atoms with Gasteiger partial charge < -0.3 is 16.0 Å². The first kappa shape index (κ1) is 20.5. The number of anilines is 1. The summed E-state index contributed by atoms with van der Waals surface area (Å²) in [6.07, 6.45) is 7.00. The van der Waals surface area contributed by atoms with E-state index in [1.54, 1.807) is 4.31 Å². The molecule has 8 heteroatoms. The molecule has 1 aromatic heterocycles. The first-order chi connectivity index (χ1) is 14.7. The van der Waals surface area contributed by atoms with Gasteiger partial charge in [0.05, 0.1) is 11.8 Å². The van der Waals surface area contributed by atoms with Gasteiger partial charge in [-0.05, 0) is 49.4 Å². The maximum Gasteiger partial charge on any atom is 0.211 e. The number of rotatable bonds is 4. The average molecular weight is 455 g/mol. The minimum absolute atomic E-state index is 0.0682. The van der Waals surface area contributed by atoms with Crippen LogP contribution in [0.5, 0.6) is 0 Å². The number of nitrogen functional groups attached to an aromatic ring is 1. The summed E-state index contributed by atoms with van der Waals surface area (Å²) < 4.78 is 28.7. The SMILES string of the molecule is CS(=O)(=O)N1C2CCC1CC(n1cc(-c3cccc(C(N)=S)c3)c3ccc(N)cc31)C2. The van der Waals surface area contributed by atoms with E-state index in [0.717, 1.165) is 53.3 Å². The third-order valence-corrected chi connectivity index (χ3v) is 8.33. The molecule has 2 atom stereocenters. The van der Waals surface area contributed by atoms with Crippen LogP contribution >= 0.6 is 12.2 Å². The fraction of sp³-hybridized carbons (Fsp3) is 0.348. The van der Waals surface area contributed by atoms with Crippen molar-refractivity contribution in [3.63, 3.8) is 0 Å². The van der Waals surface area contributed by atoms with Gasteiger partial charge in [0, 0.05) is 46.5 Å². The molecule has 3 heterocycles. The van der Waals surface area contributed by atoms with Gasteiger partial charge in [0.15, 0.2) is 0 Å². The molecule has 6 nitrogen and oxygen atoms in total. The number of thiocarbonyl (C=S) groups is 1. The van der Waals surface area contributed by atoms with E-state index in [4.69, 9.17) is 23.7 Å². The molecule has 2 fully saturated rings. The summed E-state index contributed by atoms with van der Waals surface area (Å²) in [6.45, 7) is 0. The summed E-state index contributed by atoms with van der Waals surface area (Å²) in [7, 11) is -3.19. The number of nitrogens with zero attached hydrogens (tertiary/aromatic N) is 2. The molecule has 2 aliphatic heterocycles. The highest BCUT2D eigenvalue weighted by atomic mass is 32.2. The van der Waals surface area contributed by atoms with Gasteiger partial charge >= 0.3 is 0 Å². The molecule has 2 saturated heterocycles. The van der Waals surface area contributed by atoms with Crippen molar-refractivity contribution in [1.29, 1.82) is 0 Å². The highest BCUT2D eigenvalue weighted by Crippen LogP contribution is 2.44. The summed E-state index contributed by atoms with van der Waals surface area (Å²) in [5.41, 5.74) is 16.8. The molecule has 2 unspecified atom stereocenters. The summed E-state index contributed by atoms with van der Waals surface area (Å²) in [6, 6.07) is 14.3. The number of fused-ring (bicyclic) bond motifs is 3. The Balaban J connectivity index is 1.60. The molecular formula is C23H26N4O2S2. The smallest absolute Gasteiger partial charge is 0.211 e. The Hall–Kier alpha value is -2.42. The normalized spacial score (nSPS) is 24.0.